The van der Waals surface area contributed by atoms with Gasteiger partial charge in [0.1, 0.15) is 4.90 Å². The molecule has 4 aromatic rings. The predicted molar refractivity (Wildman–Crippen MR) is 99.9 cm³/mol. The largest absolute Gasteiger partial charge is 0.472 e. The molecular formula is C20H16N2O3S. The van der Waals surface area contributed by atoms with Crippen molar-refractivity contribution in [3.05, 3.63) is 85.0 Å². The number of sulfonamides is 1. The van der Waals surface area contributed by atoms with Crippen molar-refractivity contribution in [3.8, 4) is 11.1 Å². The van der Waals surface area contributed by atoms with Crippen molar-refractivity contribution >= 4 is 20.9 Å². The van der Waals surface area contributed by atoms with Crippen molar-refractivity contribution in [2.75, 3.05) is 0 Å². The minimum absolute atomic E-state index is 0.186. The highest BCUT2D eigenvalue weighted by atomic mass is 32.2. The Morgan fingerprint density at radius 1 is 0.923 bits per heavy atom. The minimum Gasteiger partial charge on any atom is -0.472 e. The number of pyridine rings is 1. The van der Waals surface area contributed by atoms with Gasteiger partial charge < -0.3 is 4.42 Å². The van der Waals surface area contributed by atoms with Crippen LogP contribution in [-0.4, -0.2) is 13.4 Å². The molecule has 4 rings (SSSR count). The Kier molecular flexibility index (Phi) is 4.28. The van der Waals surface area contributed by atoms with Crippen LogP contribution in [0.15, 0.2) is 88.7 Å². The number of fused-ring (bicyclic) bond motifs is 1. The van der Waals surface area contributed by atoms with Gasteiger partial charge in [-0.05, 0) is 29.3 Å². The number of nitrogens with zero attached hydrogens (tertiary/aromatic N) is 1. The first kappa shape index (κ1) is 16.5. The third kappa shape index (κ3) is 3.24. The Bertz CT molecular complexity index is 1130. The van der Waals surface area contributed by atoms with Gasteiger partial charge in [0.05, 0.1) is 18.0 Å². The number of nitrogens with one attached hydrogen (secondary N) is 1. The van der Waals surface area contributed by atoms with Crippen LogP contribution >= 0.6 is 0 Å². The average molecular weight is 364 g/mol. The number of benzene rings is 2. The van der Waals surface area contributed by atoms with Gasteiger partial charge in [-0.15, -0.1) is 0 Å². The van der Waals surface area contributed by atoms with Crippen LogP contribution in [-0.2, 0) is 16.6 Å². The second kappa shape index (κ2) is 6.74. The molecule has 6 heteroatoms. The number of hydrogen-bond donors (Lipinski definition) is 1. The van der Waals surface area contributed by atoms with E-state index in [9.17, 15) is 8.42 Å². The summed E-state index contributed by atoms with van der Waals surface area (Å²) in [6.07, 6.45) is 4.89. The summed E-state index contributed by atoms with van der Waals surface area (Å²) in [6, 6.07) is 18.3. The van der Waals surface area contributed by atoms with Gasteiger partial charge in [0.25, 0.3) is 0 Å². The lowest BCUT2D eigenvalue weighted by molar-refractivity contribution is 0.568. The predicted octanol–water partition coefficient (Wildman–Crippen LogP) is 3.97. The summed E-state index contributed by atoms with van der Waals surface area (Å²) in [5.41, 5.74) is 3.34. The second-order valence-corrected chi connectivity index (χ2v) is 7.60. The molecule has 2 aromatic heterocycles. The number of furan rings is 1. The van der Waals surface area contributed by atoms with E-state index >= 15 is 0 Å². The molecule has 1 N–H and O–H groups in total. The fourth-order valence-corrected chi connectivity index (χ4v) is 3.99. The molecule has 2 heterocycles. The van der Waals surface area contributed by atoms with Crippen LogP contribution in [0.25, 0.3) is 22.0 Å². The summed E-state index contributed by atoms with van der Waals surface area (Å²) in [4.78, 5) is 4.40. The molecule has 0 spiro atoms. The van der Waals surface area contributed by atoms with E-state index in [-0.39, 0.29) is 11.4 Å². The average Bonchev–Trinajstić information content (AvgIpc) is 3.21. The van der Waals surface area contributed by atoms with Crippen LogP contribution in [0.4, 0.5) is 0 Å². The summed E-state index contributed by atoms with van der Waals surface area (Å²) in [5, 5.41) is 0.792. The lowest BCUT2D eigenvalue weighted by Gasteiger charge is -2.09. The highest BCUT2D eigenvalue weighted by Crippen LogP contribution is 2.22. The lowest BCUT2D eigenvalue weighted by Crippen LogP contribution is -2.23. The van der Waals surface area contributed by atoms with Gasteiger partial charge in [-0.25, -0.2) is 13.1 Å². The number of aromatic nitrogens is 1. The Morgan fingerprint density at radius 2 is 1.73 bits per heavy atom. The summed E-state index contributed by atoms with van der Waals surface area (Å²) >= 11 is 0. The molecule has 0 bridgehead atoms. The Labute approximate surface area is 151 Å². The Balaban J connectivity index is 1.55. The lowest BCUT2D eigenvalue weighted by atomic mass is 10.1. The first-order valence-corrected chi connectivity index (χ1v) is 9.57. The monoisotopic (exact) mass is 364 g/mol. The topological polar surface area (TPSA) is 72.2 Å². The van der Waals surface area contributed by atoms with Crippen molar-refractivity contribution < 1.29 is 12.8 Å². The van der Waals surface area contributed by atoms with Crippen LogP contribution in [0.1, 0.15) is 5.56 Å². The van der Waals surface area contributed by atoms with Gasteiger partial charge in [0.2, 0.25) is 10.0 Å². The standard InChI is InChI=1S/C20H16N2O3S/c23-26(24,19-5-1-3-17-4-2-11-21-20(17)19)22-13-15-6-8-16(9-7-15)18-10-12-25-14-18/h1-12,14,22H,13H2. The zero-order valence-electron chi connectivity index (χ0n) is 13.8. The summed E-state index contributed by atoms with van der Waals surface area (Å²) < 4.78 is 33.1. The number of hydrogen-bond acceptors (Lipinski definition) is 4. The quantitative estimate of drug-likeness (QED) is 0.581. The molecule has 0 saturated carbocycles. The molecule has 0 radical (unpaired) electrons. The first-order valence-electron chi connectivity index (χ1n) is 8.08. The summed E-state index contributed by atoms with van der Waals surface area (Å²) in [7, 11) is -3.67. The molecule has 0 aliphatic rings. The van der Waals surface area contributed by atoms with Crippen LogP contribution in [0.5, 0.6) is 0 Å². The van der Waals surface area contributed by atoms with Crippen molar-refractivity contribution in [1.82, 2.24) is 9.71 Å². The highest BCUT2D eigenvalue weighted by Gasteiger charge is 2.17. The van der Waals surface area contributed by atoms with E-state index < -0.39 is 10.0 Å². The third-order valence-corrected chi connectivity index (χ3v) is 5.59. The summed E-state index contributed by atoms with van der Waals surface area (Å²) in [6.45, 7) is 0.206. The maximum Gasteiger partial charge on any atom is 0.243 e. The van der Waals surface area contributed by atoms with E-state index in [0.29, 0.717) is 5.52 Å². The van der Waals surface area contributed by atoms with Crippen molar-refractivity contribution in [2.24, 2.45) is 0 Å². The van der Waals surface area contributed by atoms with Crippen LogP contribution in [0.2, 0.25) is 0 Å². The van der Waals surface area contributed by atoms with Gasteiger partial charge in [-0.2, -0.15) is 0 Å². The van der Waals surface area contributed by atoms with E-state index in [2.05, 4.69) is 9.71 Å². The van der Waals surface area contributed by atoms with E-state index in [1.807, 2.05) is 42.5 Å². The smallest absolute Gasteiger partial charge is 0.243 e. The first-order chi connectivity index (χ1) is 12.6. The van der Waals surface area contributed by atoms with Crippen molar-refractivity contribution in [1.29, 1.82) is 0 Å². The fraction of sp³-hybridized carbons (Fsp3) is 0.0500. The maximum absolute atomic E-state index is 12.7. The van der Waals surface area contributed by atoms with Gasteiger partial charge in [0, 0.05) is 23.7 Å². The molecule has 2 aromatic carbocycles. The van der Waals surface area contributed by atoms with Gasteiger partial charge >= 0.3 is 0 Å². The van der Waals surface area contributed by atoms with Gasteiger partial charge in [-0.3, -0.25) is 4.98 Å². The van der Waals surface area contributed by atoms with Crippen LogP contribution in [0.3, 0.4) is 0 Å². The van der Waals surface area contributed by atoms with Crippen molar-refractivity contribution in [2.45, 2.75) is 11.4 Å². The van der Waals surface area contributed by atoms with Gasteiger partial charge in [-0.1, -0.05) is 42.5 Å². The molecule has 5 nitrogen and oxygen atoms in total. The molecule has 0 aliphatic heterocycles. The second-order valence-electron chi connectivity index (χ2n) is 5.86. The van der Waals surface area contributed by atoms with E-state index in [1.54, 1.807) is 36.9 Å². The molecule has 0 saturated heterocycles. The molecule has 0 atom stereocenters. The number of para-hydroxylation sites is 1. The van der Waals surface area contributed by atoms with E-state index in [1.165, 1.54) is 0 Å². The SMILES string of the molecule is O=S(=O)(NCc1ccc(-c2ccoc2)cc1)c1cccc2cccnc12. The number of rotatable bonds is 5. The third-order valence-electron chi connectivity index (χ3n) is 4.16. The molecular weight excluding hydrogens is 348 g/mol. The molecule has 130 valence electrons. The van der Waals surface area contributed by atoms with Crippen LogP contribution < -0.4 is 4.72 Å². The molecule has 0 amide bonds. The van der Waals surface area contributed by atoms with E-state index in [4.69, 9.17) is 4.42 Å². The minimum atomic E-state index is -3.67. The normalized spacial score (nSPS) is 11.7. The zero-order chi connectivity index (χ0) is 18.0. The Hall–Kier alpha value is -2.96. The zero-order valence-corrected chi connectivity index (χ0v) is 14.6. The molecule has 0 fully saturated rings. The molecule has 0 aliphatic carbocycles. The maximum atomic E-state index is 12.7. The molecule has 26 heavy (non-hydrogen) atoms. The fourth-order valence-electron chi connectivity index (χ4n) is 2.79. The van der Waals surface area contributed by atoms with E-state index in [0.717, 1.165) is 22.1 Å². The Morgan fingerprint density at radius 3 is 2.50 bits per heavy atom. The molecule has 0 unspecified atom stereocenters. The summed E-state index contributed by atoms with van der Waals surface area (Å²) in [5.74, 6) is 0. The highest BCUT2D eigenvalue weighted by molar-refractivity contribution is 7.89. The van der Waals surface area contributed by atoms with Crippen molar-refractivity contribution in [3.63, 3.8) is 0 Å². The van der Waals surface area contributed by atoms with Crippen LogP contribution in [0, 0.1) is 0 Å². The van der Waals surface area contributed by atoms with Gasteiger partial charge in [0.15, 0.2) is 0 Å².